The van der Waals surface area contributed by atoms with Crippen molar-refractivity contribution in [3.05, 3.63) is 18.2 Å². The number of nitrogens with zero attached hydrogens (tertiary/aromatic N) is 3. The molecule has 0 spiro atoms. The van der Waals surface area contributed by atoms with E-state index in [2.05, 4.69) is 16.8 Å². The maximum atomic E-state index is 11.0. The molecule has 11 heavy (non-hydrogen) atoms. The molecule has 0 bridgehead atoms. The summed E-state index contributed by atoms with van der Waals surface area (Å²) in [6, 6.07) is 0. The topological polar surface area (TPSA) is 46.1 Å². The Morgan fingerprint density at radius 1 is 1.91 bits per heavy atom. The average molecular weight is 169 g/mol. The predicted molar refractivity (Wildman–Crippen MR) is 43.5 cm³/mol. The van der Waals surface area contributed by atoms with E-state index in [1.807, 2.05) is 0 Å². The van der Waals surface area contributed by atoms with Crippen molar-refractivity contribution in [1.29, 1.82) is 0 Å². The molecule has 0 aliphatic heterocycles. The molecule has 0 atom stereocenters. The second kappa shape index (κ2) is 3.25. The van der Waals surface area contributed by atoms with Gasteiger partial charge in [0.05, 0.1) is 0 Å². The molecule has 4 nitrogen and oxygen atoms in total. The highest BCUT2D eigenvalue weighted by Gasteiger charge is 2.08. The Morgan fingerprint density at radius 3 is 3.09 bits per heavy atom. The Morgan fingerprint density at radius 2 is 2.64 bits per heavy atom. The van der Waals surface area contributed by atoms with Crippen LogP contribution in [0.15, 0.2) is 18.2 Å². The Kier molecular flexibility index (Phi) is 2.32. The second-order valence-electron chi connectivity index (χ2n) is 1.82. The summed E-state index contributed by atoms with van der Waals surface area (Å²) in [6.07, 6.45) is 1.24. The molecule has 1 aromatic heterocycles. The Bertz CT molecular complexity index is 257. The molecular formula is C6H7N3OS. The molecule has 0 saturated heterocycles. The molecule has 0 aliphatic carbocycles. The molecule has 1 heterocycles. The number of likely N-dealkylation sites (N-methyl/N-ethyl adjacent to an activating group) is 1. The zero-order chi connectivity index (χ0) is 8.27. The summed E-state index contributed by atoms with van der Waals surface area (Å²) in [5, 5.41) is 7.89. The van der Waals surface area contributed by atoms with Crippen molar-refractivity contribution in [3.63, 3.8) is 0 Å². The van der Waals surface area contributed by atoms with Gasteiger partial charge >= 0.3 is 0 Å². The molecule has 0 saturated carbocycles. The molecule has 0 N–H and O–H groups in total. The Labute approximate surface area is 68.2 Å². The van der Waals surface area contributed by atoms with Gasteiger partial charge in [0.25, 0.3) is 5.91 Å². The lowest BCUT2D eigenvalue weighted by Gasteiger charge is -2.08. The first-order valence-corrected chi connectivity index (χ1v) is 3.80. The van der Waals surface area contributed by atoms with Gasteiger partial charge in [0.2, 0.25) is 5.13 Å². The van der Waals surface area contributed by atoms with Crippen LogP contribution >= 0.6 is 11.3 Å². The molecular weight excluding hydrogens is 162 g/mol. The molecule has 0 fully saturated rings. The monoisotopic (exact) mass is 169 g/mol. The first-order chi connectivity index (χ1) is 5.25. The second-order valence-corrected chi connectivity index (χ2v) is 2.63. The SMILES string of the molecule is C=CC(=O)N(C)c1nncs1. The zero-order valence-corrected chi connectivity index (χ0v) is 6.84. The third kappa shape index (κ3) is 1.62. The van der Waals surface area contributed by atoms with Gasteiger partial charge in [-0.3, -0.25) is 9.69 Å². The quantitative estimate of drug-likeness (QED) is 0.612. The van der Waals surface area contributed by atoms with Crippen LogP contribution in [-0.4, -0.2) is 23.2 Å². The highest BCUT2D eigenvalue weighted by atomic mass is 32.1. The first kappa shape index (κ1) is 7.87. The lowest BCUT2D eigenvalue weighted by Crippen LogP contribution is -2.23. The number of carbonyl (C=O) groups excluding carboxylic acids is 1. The molecule has 1 amide bonds. The molecule has 1 aromatic rings. The normalized spacial score (nSPS) is 9.18. The van der Waals surface area contributed by atoms with Gasteiger partial charge in [0.15, 0.2) is 0 Å². The van der Waals surface area contributed by atoms with E-state index in [4.69, 9.17) is 0 Å². The minimum Gasteiger partial charge on any atom is -0.286 e. The smallest absolute Gasteiger partial charge is 0.251 e. The van der Waals surface area contributed by atoms with Crippen molar-refractivity contribution in [1.82, 2.24) is 10.2 Å². The molecule has 5 heteroatoms. The maximum absolute atomic E-state index is 11.0. The van der Waals surface area contributed by atoms with Gasteiger partial charge in [-0.2, -0.15) is 0 Å². The summed E-state index contributed by atoms with van der Waals surface area (Å²) >= 11 is 1.31. The van der Waals surface area contributed by atoms with Crippen LogP contribution in [0.4, 0.5) is 5.13 Å². The van der Waals surface area contributed by atoms with Crippen molar-refractivity contribution in [3.8, 4) is 0 Å². The van der Waals surface area contributed by atoms with E-state index in [0.717, 1.165) is 0 Å². The molecule has 0 radical (unpaired) electrons. The summed E-state index contributed by atoms with van der Waals surface area (Å²) in [6.45, 7) is 3.36. The molecule has 1 rings (SSSR count). The van der Waals surface area contributed by atoms with Crippen LogP contribution in [0, 0.1) is 0 Å². The first-order valence-electron chi connectivity index (χ1n) is 2.92. The molecule has 0 aliphatic rings. The van der Waals surface area contributed by atoms with Gasteiger partial charge in [-0.15, -0.1) is 10.2 Å². The molecule has 0 aromatic carbocycles. The standard InChI is InChI=1S/C6H7N3OS/c1-3-5(10)9(2)6-8-7-4-11-6/h3-4H,1H2,2H3. The largest absolute Gasteiger partial charge is 0.286 e. The van der Waals surface area contributed by atoms with E-state index < -0.39 is 0 Å². The number of aromatic nitrogens is 2. The van der Waals surface area contributed by atoms with Crippen molar-refractivity contribution >= 4 is 22.4 Å². The van der Waals surface area contributed by atoms with Gasteiger partial charge in [0, 0.05) is 7.05 Å². The van der Waals surface area contributed by atoms with Crippen LogP contribution in [0.1, 0.15) is 0 Å². The van der Waals surface area contributed by atoms with Gasteiger partial charge in [0.1, 0.15) is 5.51 Å². The number of hydrogen-bond donors (Lipinski definition) is 0. The molecule has 58 valence electrons. The highest BCUT2D eigenvalue weighted by molar-refractivity contribution is 7.13. The fourth-order valence-electron chi connectivity index (χ4n) is 0.545. The number of carbonyl (C=O) groups is 1. The Hall–Kier alpha value is -1.23. The van der Waals surface area contributed by atoms with Crippen LogP contribution in [-0.2, 0) is 4.79 Å². The van der Waals surface area contributed by atoms with Crippen LogP contribution in [0.2, 0.25) is 0 Å². The minimum atomic E-state index is -0.179. The summed E-state index contributed by atoms with van der Waals surface area (Å²) < 4.78 is 0. The number of amides is 1. The van der Waals surface area contributed by atoms with Gasteiger partial charge in [-0.1, -0.05) is 17.9 Å². The fraction of sp³-hybridized carbons (Fsp3) is 0.167. The van der Waals surface area contributed by atoms with Crippen LogP contribution in [0.5, 0.6) is 0 Å². The van der Waals surface area contributed by atoms with E-state index in [0.29, 0.717) is 5.13 Å². The fourth-order valence-corrected chi connectivity index (χ4v) is 1.08. The maximum Gasteiger partial charge on any atom is 0.251 e. The highest BCUT2D eigenvalue weighted by Crippen LogP contribution is 2.13. The van der Waals surface area contributed by atoms with Crippen molar-refractivity contribution < 1.29 is 4.79 Å². The summed E-state index contributed by atoms with van der Waals surface area (Å²) in [5.41, 5.74) is 1.57. The van der Waals surface area contributed by atoms with Crippen LogP contribution in [0.25, 0.3) is 0 Å². The third-order valence-corrected chi connectivity index (χ3v) is 1.91. The van der Waals surface area contributed by atoms with Crippen molar-refractivity contribution in [2.24, 2.45) is 0 Å². The van der Waals surface area contributed by atoms with Crippen molar-refractivity contribution in [2.75, 3.05) is 11.9 Å². The van der Waals surface area contributed by atoms with Gasteiger partial charge in [-0.05, 0) is 6.08 Å². The summed E-state index contributed by atoms with van der Waals surface area (Å²) in [4.78, 5) is 12.4. The minimum absolute atomic E-state index is 0.179. The number of rotatable bonds is 2. The van der Waals surface area contributed by atoms with Gasteiger partial charge < -0.3 is 0 Å². The van der Waals surface area contributed by atoms with Crippen molar-refractivity contribution in [2.45, 2.75) is 0 Å². The zero-order valence-electron chi connectivity index (χ0n) is 6.02. The average Bonchev–Trinajstić information content (AvgIpc) is 2.53. The lowest BCUT2D eigenvalue weighted by atomic mass is 10.5. The Balaban J connectivity index is 2.77. The van der Waals surface area contributed by atoms with E-state index in [1.54, 1.807) is 12.6 Å². The summed E-state index contributed by atoms with van der Waals surface area (Å²) in [7, 11) is 1.63. The number of hydrogen-bond acceptors (Lipinski definition) is 4. The van der Waals surface area contributed by atoms with Crippen LogP contribution in [0.3, 0.4) is 0 Å². The van der Waals surface area contributed by atoms with Crippen LogP contribution < -0.4 is 4.90 Å². The van der Waals surface area contributed by atoms with E-state index >= 15 is 0 Å². The predicted octanol–water partition coefficient (Wildman–Crippen LogP) is 0.687. The summed E-state index contributed by atoms with van der Waals surface area (Å²) in [5.74, 6) is -0.179. The van der Waals surface area contributed by atoms with E-state index in [9.17, 15) is 4.79 Å². The van der Waals surface area contributed by atoms with Gasteiger partial charge in [-0.25, -0.2) is 0 Å². The van der Waals surface area contributed by atoms with E-state index in [1.165, 1.54) is 22.3 Å². The third-order valence-electron chi connectivity index (χ3n) is 1.14. The van der Waals surface area contributed by atoms with E-state index in [-0.39, 0.29) is 5.91 Å². The lowest BCUT2D eigenvalue weighted by molar-refractivity contribution is -0.113. The molecule has 0 unspecified atom stereocenters. The number of anilines is 1.